The summed E-state index contributed by atoms with van der Waals surface area (Å²) >= 11 is 8.04. The fraction of sp³-hybridized carbons (Fsp3) is 0.438. The van der Waals surface area contributed by atoms with Crippen molar-refractivity contribution in [3.05, 3.63) is 39.3 Å². The number of halogens is 1. The van der Waals surface area contributed by atoms with Crippen LogP contribution in [0, 0.1) is 0 Å². The van der Waals surface area contributed by atoms with Crippen LogP contribution in [-0.4, -0.2) is 19.1 Å². The van der Waals surface area contributed by atoms with Crippen LogP contribution >= 0.6 is 22.9 Å². The number of para-hydroxylation sites is 1. The monoisotopic (exact) mass is 323 g/mol. The summed E-state index contributed by atoms with van der Waals surface area (Å²) in [5.41, 5.74) is 2.16. The Labute approximate surface area is 136 Å². The molecule has 0 aliphatic rings. The van der Waals surface area contributed by atoms with Crippen molar-refractivity contribution >= 4 is 34.3 Å². The van der Waals surface area contributed by atoms with Crippen molar-refractivity contribution in [2.75, 3.05) is 24.3 Å². The average molecular weight is 324 g/mol. The van der Waals surface area contributed by atoms with Crippen LogP contribution in [-0.2, 0) is 12.0 Å². The molecule has 2 rings (SSSR count). The van der Waals surface area contributed by atoms with E-state index in [4.69, 9.17) is 11.6 Å². The van der Waals surface area contributed by atoms with Gasteiger partial charge >= 0.3 is 0 Å². The first kappa shape index (κ1) is 16.1. The number of hydrogen-bond acceptors (Lipinski definition) is 4. The maximum atomic E-state index is 6.28. The minimum absolute atomic E-state index is 0.105. The molecule has 114 valence electrons. The van der Waals surface area contributed by atoms with Gasteiger partial charge in [-0.25, -0.2) is 4.98 Å². The molecule has 0 amide bonds. The van der Waals surface area contributed by atoms with Gasteiger partial charge in [-0.3, -0.25) is 0 Å². The molecule has 0 unspecified atom stereocenters. The Morgan fingerprint density at radius 3 is 2.57 bits per heavy atom. The van der Waals surface area contributed by atoms with Gasteiger partial charge in [0.05, 0.1) is 27.9 Å². The Balaban J connectivity index is 2.14. The standard InChI is InChI=1S/C16H22ClN3S/c1-16(2,3)15-19-10-11(21-15)9-18-13-8-6-7-12(17)14(13)20(4)5/h6-8,10,18H,9H2,1-5H3. The van der Waals surface area contributed by atoms with Crippen molar-refractivity contribution < 1.29 is 0 Å². The summed E-state index contributed by atoms with van der Waals surface area (Å²) in [6, 6.07) is 5.92. The van der Waals surface area contributed by atoms with E-state index in [2.05, 4.69) is 31.1 Å². The summed E-state index contributed by atoms with van der Waals surface area (Å²) in [5.74, 6) is 0. The van der Waals surface area contributed by atoms with E-state index in [0.717, 1.165) is 22.9 Å². The predicted octanol–water partition coefficient (Wildman–Crippen LogP) is 4.77. The number of nitrogens with zero attached hydrogens (tertiary/aromatic N) is 2. The Hall–Kier alpha value is -1.26. The third-order valence-electron chi connectivity index (χ3n) is 3.08. The highest BCUT2D eigenvalue weighted by Crippen LogP contribution is 2.33. The van der Waals surface area contributed by atoms with Crippen LogP contribution in [0.4, 0.5) is 11.4 Å². The Morgan fingerprint density at radius 1 is 1.29 bits per heavy atom. The van der Waals surface area contributed by atoms with Gasteiger partial charge in [-0.1, -0.05) is 38.4 Å². The first-order chi connectivity index (χ1) is 9.79. The maximum Gasteiger partial charge on any atom is 0.0981 e. The van der Waals surface area contributed by atoms with Gasteiger partial charge in [0.15, 0.2) is 0 Å². The molecule has 0 radical (unpaired) electrons. The molecule has 0 fully saturated rings. The van der Waals surface area contributed by atoms with Crippen LogP contribution < -0.4 is 10.2 Å². The van der Waals surface area contributed by atoms with Gasteiger partial charge in [0, 0.05) is 30.6 Å². The van der Waals surface area contributed by atoms with E-state index in [9.17, 15) is 0 Å². The molecular formula is C16H22ClN3S. The molecule has 0 saturated carbocycles. The molecule has 21 heavy (non-hydrogen) atoms. The number of benzene rings is 1. The zero-order valence-electron chi connectivity index (χ0n) is 13.2. The first-order valence-electron chi connectivity index (χ1n) is 6.94. The van der Waals surface area contributed by atoms with Crippen molar-refractivity contribution in [3.8, 4) is 0 Å². The SMILES string of the molecule is CN(C)c1c(Cl)cccc1NCc1cnc(C(C)(C)C)s1. The number of rotatable bonds is 4. The first-order valence-corrected chi connectivity index (χ1v) is 8.13. The lowest BCUT2D eigenvalue weighted by molar-refractivity contribution is 0.585. The highest BCUT2D eigenvalue weighted by atomic mass is 35.5. The van der Waals surface area contributed by atoms with Gasteiger partial charge in [-0.15, -0.1) is 11.3 Å². The minimum Gasteiger partial charge on any atom is -0.378 e. The molecule has 1 aromatic heterocycles. The van der Waals surface area contributed by atoms with E-state index >= 15 is 0 Å². The molecule has 1 heterocycles. The molecule has 0 aliphatic carbocycles. The number of thiazole rings is 1. The largest absolute Gasteiger partial charge is 0.378 e. The predicted molar refractivity (Wildman–Crippen MR) is 93.9 cm³/mol. The van der Waals surface area contributed by atoms with Gasteiger partial charge < -0.3 is 10.2 Å². The van der Waals surface area contributed by atoms with E-state index < -0.39 is 0 Å². The summed E-state index contributed by atoms with van der Waals surface area (Å²) in [5, 5.41) is 5.38. The van der Waals surface area contributed by atoms with Crippen LogP contribution in [0.2, 0.25) is 5.02 Å². The van der Waals surface area contributed by atoms with Gasteiger partial charge in [-0.05, 0) is 12.1 Å². The quantitative estimate of drug-likeness (QED) is 0.878. The summed E-state index contributed by atoms with van der Waals surface area (Å²) in [4.78, 5) is 7.77. The van der Waals surface area contributed by atoms with Crippen LogP contribution in [0.25, 0.3) is 0 Å². The molecule has 1 aromatic carbocycles. The van der Waals surface area contributed by atoms with Gasteiger partial charge in [0.2, 0.25) is 0 Å². The molecule has 0 bridgehead atoms. The number of anilines is 2. The van der Waals surface area contributed by atoms with Crippen LogP contribution in [0.5, 0.6) is 0 Å². The second-order valence-electron chi connectivity index (χ2n) is 6.27. The van der Waals surface area contributed by atoms with Crippen LogP contribution in [0.1, 0.15) is 30.7 Å². The second-order valence-corrected chi connectivity index (χ2v) is 7.79. The molecule has 0 spiro atoms. The Kier molecular flexibility index (Phi) is 4.79. The second kappa shape index (κ2) is 6.24. The average Bonchev–Trinajstić information content (AvgIpc) is 2.84. The molecule has 5 heteroatoms. The smallest absolute Gasteiger partial charge is 0.0981 e. The van der Waals surface area contributed by atoms with E-state index in [1.165, 1.54) is 9.88 Å². The number of aromatic nitrogens is 1. The number of hydrogen-bond donors (Lipinski definition) is 1. The van der Waals surface area contributed by atoms with Gasteiger partial charge in [0.25, 0.3) is 0 Å². The molecule has 0 atom stereocenters. The Bertz CT molecular complexity index is 614. The topological polar surface area (TPSA) is 28.2 Å². The zero-order chi connectivity index (χ0) is 15.6. The molecule has 1 N–H and O–H groups in total. The highest BCUT2D eigenvalue weighted by Gasteiger charge is 2.18. The normalized spacial score (nSPS) is 11.5. The van der Waals surface area contributed by atoms with Crippen molar-refractivity contribution in [2.45, 2.75) is 32.7 Å². The lowest BCUT2D eigenvalue weighted by Gasteiger charge is -2.19. The summed E-state index contributed by atoms with van der Waals surface area (Å²) < 4.78 is 0. The Morgan fingerprint density at radius 2 is 2.00 bits per heavy atom. The van der Waals surface area contributed by atoms with E-state index in [-0.39, 0.29) is 5.41 Å². The minimum atomic E-state index is 0.105. The molecule has 0 aliphatic heterocycles. The van der Waals surface area contributed by atoms with E-state index in [0.29, 0.717) is 0 Å². The third-order valence-corrected chi connectivity index (χ3v) is 4.81. The van der Waals surface area contributed by atoms with Crippen molar-refractivity contribution in [1.82, 2.24) is 4.98 Å². The fourth-order valence-corrected chi connectivity index (χ4v) is 3.28. The summed E-state index contributed by atoms with van der Waals surface area (Å²) in [6.07, 6.45) is 1.96. The molecule has 0 saturated heterocycles. The third kappa shape index (κ3) is 3.89. The molecular weight excluding hydrogens is 302 g/mol. The van der Waals surface area contributed by atoms with Crippen molar-refractivity contribution in [1.29, 1.82) is 0 Å². The van der Waals surface area contributed by atoms with E-state index in [1.54, 1.807) is 11.3 Å². The van der Waals surface area contributed by atoms with Gasteiger partial charge in [0.1, 0.15) is 0 Å². The highest BCUT2D eigenvalue weighted by molar-refractivity contribution is 7.11. The lowest BCUT2D eigenvalue weighted by atomic mass is 9.98. The van der Waals surface area contributed by atoms with Crippen molar-refractivity contribution in [2.24, 2.45) is 0 Å². The summed E-state index contributed by atoms with van der Waals surface area (Å²) in [6.45, 7) is 7.31. The molecule has 2 aromatic rings. The van der Waals surface area contributed by atoms with E-state index in [1.807, 2.05) is 43.4 Å². The maximum absolute atomic E-state index is 6.28. The van der Waals surface area contributed by atoms with Gasteiger partial charge in [-0.2, -0.15) is 0 Å². The van der Waals surface area contributed by atoms with Crippen LogP contribution in [0.3, 0.4) is 0 Å². The lowest BCUT2D eigenvalue weighted by Crippen LogP contribution is -2.12. The summed E-state index contributed by atoms with van der Waals surface area (Å²) in [7, 11) is 3.99. The van der Waals surface area contributed by atoms with Crippen LogP contribution in [0.15, 0.2) is 24.4 Å². The zero-order valence-corrected chi connectivity index (χ0v) is 14.8. The fourth-order valence-electron chi connectivity index (χ4n) is 2.03. The number of nitrogens with one attached hydrogen (secondary N) is 1. The molecule has 3 nitrogen and oxygen atoms in total. The van der Waals surface area contributed by atoms with Crippen molar-refractivity contribution in [3.63, 3.8) is 0 Å².